The van der Waals surface area contributed by atoms with Gasteiger partial charge in [-0.2, -0.15) is 0 Å². The topological polar surface area (TPSA) is 43.7 Å². The number of aromatic nitrogens is 1. The van der Waals surface area contributed by atoms with Crippen LogP contribution in [0.4, 0.5) is 0 Å². The van der Waals surface area contributed by atoms with E-state index in [2.05, 4.69) is 36.1 Å². The van der Waals surface area contributed by atoms with Gasteiger partial charge in [-0.1, -0.05) is 35.8 Å². The Balaban J connectivity index is 1.35. The summed E-state index contributed by atoms with van der Waals surface area (Å²) in [6.07, 6.45) is 3.46. The van der Waals surface area contributed by atoms with Crippen LogP contribution in [0.15, 0.2) is 41.2 Å². The third-order valence-electron chi connectivity index (χ3n) is 6.25. The maximum absolute atomic E-state index is 12.8. The molecule has 0 bridgehead atoms. The summed E-state index contributed by atoms with van der Waals surface area (Å²) in [5, 5.41) is 0.714. The number of methoxy groups -OCH3 is 2. The minimum atomic E-state index is 0.0768. The average molecular weight is 427 g/mol. The van der Waals surface area contributed by atoms with Gasteiger partial charge in [-0.3, -0.25) is 13.7 Å². The van der Waals surface area contributed by atoms with Crippen LogP contribution >= 0.6 is 11.5 Å². The molecule has 0 spiro atoms. The summed E-state index contributed by atoms with van der Waals surface area (Å²) in [4.78, 5) is 15.4. The fourth-order valence-corrected chi connectivity index (χ4v) is 5.33. The fraction of sp³-hybridized carbons (Fsp3) is 0.458. The smallest absolute Gasteiger partial charge is 0.268 e. The van der Waals surface area contributed by atoms with E-state index in [1.165, 1.54) is 35.5 Å². The van der Waals surface area contributed by atoms with E-state index in [1.807, 2.05) is 10.0 Å². The number of hydrogen-bond acceptors (Lipinski definition) is 5. The third-order valence-corrected chi connectivity index (χ3v) is 7.36. The Morgan fingerprint density at radius 3 is 2.47 bits per heavy atom. The molecule has 0 amide bonds. The molecule has 0 aliphatic carbocycles. The number of piperidine rings is 1. The van der Waals surface area contributed by atoms with Crippen molar-refractivity contribution in [2.24, 2.45) is 5.92 Å². The lowest BCUT2D eigenvalue weighted by Gasteiger charge is -2.32. The van der Waals surface area contributed by atoms with E-state index in [9.17, 15) is 4.79 Å². The van der Waals surface area contributed by atoms with Gasteiger partial charge in [0.1, 0.15) is 0 Å². The molecule has 5 nitrogen and oxygen atoms in total. The monoisotopic (exact) mass is 426 g/mol. The molecule has 0 saturated carbocycles. The van der Waals surface area contributed by atoms with Gasteiger partial charge >= 0.3 is 0 Å². The highest BCUT2D eigenvalue weighted by atomic mass is 32.1. The van der Waals surface area contributed by atoms with E-state index in [0.29, 0.717) is 22.8 Å². The third kappa shape index (κ3) is 4.40. The van der Waals surface area contributed by atoms with Crippen LogP contribution in [0.25, 0.3) is 10.1 Å². The Bertz CT molecular complexity index is 1060. The van der Waals surface area contributed by atoms with Crippen molar-refractivity contribution >= 4 is 21.6 Å². The van der Waals surface area contributed by atoms with Crippen molar-refractivity contribution < 1.29 is 9.47 Å². The average Bonchev–Trinajstić information content (AvgIpc) is 3.08. The van der Waals surface area contributed by atoms with E-state index in [1.54, 1.807) is 20.3 Å². The van der Waals surface area contributed by atoms with E-state index in [4.69, 9.17) is 9.47 Å². The predicted octanol–water partition coefficient (Wildman–Crippen LogP) is 4.69. The lowest BCUT2D eigenvalue weighted by molar-refractivity contribution is 0.169. The van der Waals surface area contributed by atoms with E-state index in [-0.39, 0.29) is 5.56 Å². The van der Waals surface area contributed by atoms with E-state index in [0.717, 1.165) is 37.3 Å². The maximum Gasteiger partial charge on any atom is 0.268 e. The van der Waals surface area contributed by atoms with Crippen LogP contribution in [0, 0.1) is 12.8 Å². The normalized spacial score (nSPS) is 15.6. The molecular formula is C24H30N2O3S. The van der Waals surface area contributed by atoms with E-state index < -0.39 is 0 Å². The molecule has 1 aliphatic heterocycles. The molecule has 4 rings (SSSR count). The van der Waals surface area contributed by atoms with Crippen LogP contribution in [0.5, 0.6) is 11.5 Å². The summed E-state index contributed by atoms with van der Waals surface area (Å²) in [6.45, 7) is 6.28. The second kappa shape index (κ2) is 9.23. The maximum atomic E-state index is 12.8. The highest BCUT2D eigenvalue weighted by Gasteiger charge is 2.20. The van der Waals surface area contributed by atoms with Gasteiger partial charge in [0.15, 0.2) is 11.5 Å². The highest BCUT2D eigenvalue weighted by Crippen LogP contribution is 2.33. The molecule has 6 heteroatoms. The second-order valence-corrected chi connectivity index (χ2v) is 9.20. The largest absolute Gasteiger partial charge is 0.493 e. The van der Waals surface area contributed by atoms with Gasteiger partial charge in [-0.05, 0) is 62.4 Å². The Hall–Kier alpha value is -2.31. The number of nitrogens with zero attached hydrogens (tertiary/aromatic N) is 2. The van der Waals surface area contributed by atoms with E-state index >= 15 is 0 Å². The zero-order chi connectivity index (χ0) is 21.1. The molecule has 160 valence electrons. The first-order valence-corrected chi connectivity index (χ1v) is 11.4. The molecule has 1 aliphatic rings. The molecular weight excluding hydrogens is 396 g/mol. The van der Waals surface area contributed by atoms with Crippen molar-refractivity contribution in [2.45, 2.75) is 39.3 Å². The predicted molar refractivity (Wildman–Crippen MR) is 123 cm³/mol. The van der Waals surface area contributed by atoms with Crippen molar-refractivity contribution in [3.63, 3.8) is 0 Å². The van der Waals surface area contributed by atoms with Crippen molar-refractivity contribution in [2.75, 3.05) is 27.3 Å². The van der Waals surface area contributed by atoms with Gasteiger partial charge in [0, 0.05) is 19.2 Å². The number of hydrogen-bond donors (Lipinski definition) is 0. The van der Waals surface area contributed by atoms with Crippen LogP contribution in [0.3, 0.4) is 0 Å². The standard InChI is InChI=1S/C24H30N2O3S/c1-17-6-4-5-7-19(17)16-25-11-8-18(9-12-25)10-13-26-24(27)20-14-21(28-2)22(29-3)15-23(20)30-26/h4-7,14-15,18H,8-13,16H2,1-3H3. The first kappa shape index (κ1) is 20.9. The van der Waals surface area contributed by atoms with Crippen LogP contribution in [0.1, 0.15) is 30.4 Å². The molecule has 1 aromatic heterocycles. The van der Waals surface area contributed by atoms with Crippen molar-refractivity contribution in [3.8, 4) is 11.5 Å². The Morgan fingerprint density at radius 2 is 1.77 bits per heavy atom. The van der Waals surface area contributed by atoms with Crippen LogP contribution in [-0.2, 0) is 13.1 Å². The number of likely N-dealkylation sites (tertiary alicyclic amines) is 1. The summed E-state index contributed by atoms with van der Waals surface area (Å²) in [5.41, 5.74) is 2.88. The van der Waals surface area contributed by atoms with Gasteiger partial charge in [-0.15, -0.1) is 0 Å². The Morgan fingerprint density at radius 1 is 1.07 bits per heavy atom. The van der Waals surface area contributed by atoms with Crippen molar-refractivity contribution in [1.82, 2.24) is 8.86 Å². The second-order valence-electron chi connectivity index (χ2n) is 8.14. The summed E-state index contributed by atoms with van der Waals surface area (Å²) in [6, 6.07) is 12.4. The molecule has 0 radical (unpaired) electrons. The van der Waals surface area contributed by atoms with Gasteiger partial charge in [0.25, 0.3) is 5.56 Å². The number of fused-ring (bicyclic) bond motifs is 1. The number of rotatable bonds is 7. The Kier molecular flexibility index (Phi) is 6.44. The number of aryl methyl sites for hydroxylation is 2. The molecule has 1 saturated heterocycles. The molecule has 3 aromatic rings. The first-order chi connectivity index (χ1) is 14.6. The quantitative estimate of drug-likeness (QED) is 0.550. The minimum absolute atomic E-state index is 0.0768. The molecule has 1 fully saturated rings. The summed E-state index contributed by atoms with van der Waals surface area (Å²) in [5.74, 6) is 1.95. The highest BCUT2D eigenvalue weighted by molar-refractivity contribution is 7.13. The SMILES string of the molecule is COc1cc2sn(CCC3CCN(Cc4ccccc4C)CC3)c(=O)c2cc1OC. The summed E-state index contributed by atoms with van der Waals surface area (Å²) >= 11 is 1.52. The molecule has 0 atom stereocenters. The minimum Gasteiger partial charge on any atom is -0.493 e. The first-order valence-electron chi connectivity index (χ1n) is 10.6. The molecule has 30 heavy (non-hydrogen) atoms. The van der Waals surface area contributed by atoms with Gasteiger partial charge in [0.05, 0.1) is 24.3 Å². The summed E-state index contributed by atoms with van der Waals surface area (Å²) < 4.78 is 13.6. The van der Waals surface area contributed by atoms with Gasteiger partial charge in [0.2, 0.25) is 0 Å². The number of ether oxygens (including phenoxy) is 2. The zero-order valence-corrected chi connectivity index (χ0v) is 18.8. The zero-order valence-electron chi connectivity index (χ0n) is 18.0. The summed E-state index contributed by atoms with van der Waals surface area (Å²) in [7, 11) is 3.22. The van der Waals surface area contributed by atoms with Crippen LogP contribution in [-0.4, -0.2) is 36.2 Å². The molecule has 0 N–H and O–H groups in total. The lowest BCUT2D eigenvalue weighted by Crippen LogP contribution is -2.33. The van der Waals surface area contributed by atoms with Crippen LogP contribution in [0.2, 0.25) is 0 Å². The van der Waals surface area contributed by atoms with Crippen LogP contribution < -0.4 is 15.0 Å². The lowest BCUT2D eigenvalue weighted by atomic mass is 9.93. The fourth-order valence-electron chi connectivity index (χ4n) is 4.31. The van der Waals surface area contributed by atoms with Gasteiger partial charge in [-0.25, -0.2) is 0 Å². The van der Waals surface area contributed by atoms with Crippen molar-refractivity contribution in [3.05, 3.63) is 57.9 Å². The molecule has 2 aromatic carbocycles. The van der Waals surface area contributed by atoms with Gasteiger partial charge < -0.3 is 9.47 Å². The molecule has 0 unspecified atom stereocenters. The molecule has 2 heterocycles. The Labute approximate surface area is 182 Å². The van der Waals surface area contributed by atoms with Crippen molar-refractivity contribution in [1.29, 1.82) is 0 Å². The number of benzene rings is 2.